The SMILES string of the molecule is C=C1C[C@@]23C=CC(=O)[C@@](C)(CCC(=O)Nc4c(O)ccc(C(=O)O)c4O)[C@H]2CC1CC3. The van der Waals surface area contributed by atoms with Gasteiger partial charge in [-0.1, -0.05) is 25.2 Å². The van der Waals surface area contributed by atoms with E-state index in [9.17, 15) is 24.6 Å². The van der Waals surface area contributed by atoms with Crippen LogP contribution in [0.25, 0.3) is 0 Å². The number of carbonyl (C=O) groups is 3. The third-order valence-corrected chi connectivity index (χ3v) is 7.73. The van der Waals surface area contributed by atoms with Gasteiger partial charge in [-0.2, -0.15) is 0 Å². The molecule has 0 aromatic heterocycles. The highest BCUT2D eigenvalue weighted by Crippen LogP contribution is 2.64. The van der Waals surface area contributed by atoms with Gasteiger partial charge in [-0.15, -0.1) is 0 Å². The van der Waals surface area contributed by atoms with Crippen molar-refractivity contribution < 1.29 is 29.7 Å². The van der Waals surface area contributed by atoms with Crippen molar-refractivity contribution >= 4 is 23.3 Å². The topological polar surface area (TPSA) is 124 Å². The molecule has 0 aliphatic heterocycles. The number of hydrogen-bond acceptors (Lipinski definition) is 5. The Bertz CT molecular complexity index is 1030. The number of carbonyl (C=O) groups excluding carboxylic acids is 2. The largest absolute Gasteiger partial charge is 0.506 e. The van der Waals surface area contributed by atoms with Crippen molar-refractivity contribution in [1.82, 2.24) is 0 Å². The average Bonchev–Trinajstić information content (AvgIpc) is 2.72. The minimum absolute atomic E-state index is 0.00442. The van der Waals surface area contributed by atoms with Gasteiger partial charge in [0, 0.05) is 11.8 Å². The second kappa shape index (κ2) is 7.25. The summed E-state index contributed by atoms with van der Waals surface area (Å²) < 4.78 is 0. The number of phenolic OH excluding ortho intramolecular Hbond substituents is 1. The van der Waals surface area contributed by atoms with E-state index in [0.29, 0.717) is 12.3 Å². The zero-order valence-corrected chi connectivity index (χ0v) is 17.5. The Morgan fingerprint density at radius 3 is 2.71 bits per heavy atom. The van der Waals surface area contributed by atoms with Gasteiger partial charge in [-0.3, -0.25) is 9.59 Å². The van der Waals surface area contributed by atoms with E-state index in [1.54, 1.807) is 6.08 Å². The molecule has 4 N–H and O–H groups in total. The lowest BCUT2D eigenvalue weighted by Gasteiger charge is -2.59. The molecule has 1 unspecified atom stereocenters. The molecule has 3 fully saturated rings. The highest BCUT2D eigenvalue weighted by molar-refractivity contribution is 6.00. The minimum Gasteiger partial charge on any atom is -0.506 e. The number of aromatic hydroxyl groups is 2. The summed E-state index contributed by atoms with van der Waals surface area (Å²) in [6.45, 7) is 6.17. The summed E-state index contributed by atoms with van der Waals surface area (Å²) in [4.78, 5) is 36.8. The lowest BCUT2D eigenvalue weighted by Crippen LogP contribution is -2.54. The van der Waals surface area contributed by atoms with Crippen molar-refractivity contribution in [2.75, 3.05) is 5.32 Å². The number of fused-ring (bicyclic) bond motifs is 2. The molecule has 164 valence electrons. The molecule has 0 heterocycles. The highest BCUT2D eigenvalue weighted by atomic mass is 16.4. The number of phenols is 2. The van der Waals surface area contributed by atoms with Gasteiger partial charge < -0.3 is 20.6 Å². The maximum atomic E-state index is 12.9. The van der Waals surface area contributed by atoms with E-state index in [0.717, 1.165) is 37.8 Å². The summed E-state index contributed by atoms with van der Waals surface area (Å²) in [6.07, 6.45) is 7.96. The summed E-state index contributed by atoms with van der Waals surface area (Å²) in [6, 6.07) is 2.16. The van der Waals surface area contributed by atoms with Crippen LogP contribution in [0.4, 0.5) is 5.69 Å². The van der Waals surface area contributed by atoms with E-state index in [1.165, 1.54) is 5.57 Å². The number of benzene rings is 1. The van der Waals surface area contributed by atoms with Crippen molar-refractivity contribution in [3.05, 3.63) is 42.0 Å². The third-order valence-electron chi connectivity index (χ3n) is 7.73. The Kier molecular flexibility index (Phi) is 4.95. The predicted molar refractivity (Wildman–Crippen MR) is 114 cm³/mol. The van der Waals surface area contributed by atoms with Crippen LogP contribution in [0.2, 0.25) is 0 Å². The first-order chi connectivity index (χ1) is 14.6. The molecule has 0 saturated heterocycles. The third kappa shape index (κ3) is 3.32. The second-order valence-corrected chi connectivity index (χ2v) is 9.42. The van der Waals surface area contributed by atoms with E-state index in [4.69, 9.17) is 5.11 Å². The predicted octanol–water partition coefficient (Wildman–Crippen LogP) is 4.02. The molecule has 1 amide bonds. The van der Waals surface area contributed by atoms with Crippen LogP contribution < -0.4 is 5.32 Å². The summed E-state index contributed by atoms with van der Waals surface area (Å²) in [5.41, 5.74) is -0.260. The average molecular weight is 425 g/mol. The standard InChI is InChI=1S/C24H27NO6/c1-13-12-24-9-5-14(13)11-17(24)23(2,18(27)6-10-24)8-7-19(28)25-20-16(26)4-3-15(21(20)29)22(30)31/h3-4,6,10,14,17,26,29H,1,5,7-9,11-12H2,2H3,(H,25,28)(H,30,31)/t14?,17-,23+,24-/m1/s1. The van der Waals surface area contributed by atoms with Crippen LogP contribution >= 0.6 is 0 Å². The van der Waals surface area contributed by atoms with Gasteiger partial charge in [-0.05, 0) is 67.6 Å². The molecular formula is C24H27NO6. The molecule has 1 aromatic carbocycles. The second-order valence-electron chi connectivity index (χ2n) is 9.42. The molecule has 3 saturated carbocycles. The number of allylic oxidation sites excluding steroid dienone is 3. The monoisotopic (exact) mass is 425 g/mol. The molecule has 2 bridgehead atoms. The molecule has 4 aliphatic rings. The Morgan fingerprint density at radius 1 is 1.29 bits per heavy atom. The molecule has 0 radical (unpaired) electrons. The zero-order valence-electron chi connectivity index (χ0n) is 17.5. The van der Waals surface area contributed by atoms with Gasteiger partial charge in [0.2, 0.25) is 5.91 Å². The summed E-state index contributed by atoms with van der Waals surface area (Å²) in [5.74, 6) is -2.42. The minimum atomic E-state index is -1.38. The number of carboxylic acid groups (broad SMARTS) is 1. The van der Waals surface area contributed by atoms with E-state index in [-0.39, 0.29) is 29.2 Å². The molecule has 5 rings (SSSR count). The highest BCUT2D eigenvalue weighted by Gasteiger charge is 2.58. The molecule has 4 atom stereocenters. The van der Waals surface area contributed by atoms with Crippen LogP contribution in [-0.2, 0) is 9.59 Å². The van der Waals surface area contributed by atoms with Gasteiger partial charge in [0.1, 0.15) is 17.0 Å². The van der Waals surface area contributed by atoms with Crippen molar-refractivity contribution in [3.63, 3.8) is 0 Å². The molecule has 4 aliphatic carbocycles. The number of carboxylic acids is 1. The molecule has 1 aromatic rings. The smallest absolute Gasteiger partial charge is 0.339 e. The fourth-order valence-corrected chi connectivity index (χ4v) is 5.91. The Balaban J connectivity index is 1.52. The first-order valence-corrected chi connectivity index (χ1v) is 10.6. The number of ketones is 1. The van der Waals surface area contributed by atoms with Gasteiger partial charge in [0.25, 0.3) is 0 Å². The van der Waals surface area contributed by atoms with Crippen LogP contribution in [0.1, 0.15) is 55.8 Å². The number of nitrogens with one attached hydrogen (secondary N) is 1. The summed E-state index contributed by atoms with van der Waals surface area (Å²) >= 11 is 0. The fraction of sp³-hybridized carbons (Fsp3) is 0.458. The molecular weight excluding hydrogens is 398 g/mol. The van der Waals surface area contributed by atoms with Crippen LogP contribution in [0, 0.1) is 22.7 Å². The lowest BCUT2D eigenvalue weighted by molar-refractivity contribution is -0.136. The molecule has 7 nitrogen and oxygen atoms in total. The molecule has 31 heavy (non-hydrogen) atoms. The summed E-state index contributed by atoms with van der Waals surface area (Å²) in [5, 5.41) is 31.6. The number of hydrogen-bond donors (Lipinski definition) is 4. The first kappa shape index (κ1) is 21.2. The van der Waals surface area contributed by atoms with Gasteiger partial charge in [0.05, 0.1) is 0 Å². The Morgan fingerprint density at radius 2 is 2.03 bits per heavy atom. The quantitative estimate of drug-likeness (QED) is 0.417. The number of rotatable bonds is 5. The van der Waals surface area contributed by atoms with E-state index < -0.39 is 34.4 Å². The lowest BCUT2D eigenvalue weighted by atomic mass is 9.44. The van der Waals surface area contributed by atoms with E-state index in [1.807, 2.05) is 6.92 Å². The van der Waals surface area contributed by atoms with Crippen molar-refractivity contribution in [2.24, 2.45) is 22.7 Å². The van der Waals surface area contributed by atoms with E-state index in [2.05, 4.69) is 18.0 Å². The van der Waals surface area contributed by atoms with Crippen molar-refractivity contribution in [3.8, 4) is 11.5 Å². The van der Waals surface area contributed by atoms with Crippen molar-refractivity contribution in [2.45, 2.75) is 45.4 Å². The Labute approximate surface area is 180 Å². The van der Waals surface area contributed by atoms with Crippen molar-refractivity contribution in [1.29, 1.82) is 0 Å². The molecule has 7 heteroatoms. The van der Waals surface area contributed by atoms with Gasteiger partial charge in [0.15, 0.2) is 11.5 Å². The van der Waals surface area contributed by atoms with Crippen LogP contribution in [0.3, 0.4) is 0 Å². The maximum Gasteiger partial charge on any atom is 0.339 e. The zero-order chi connectivity index (χ0) is 22.6. The van der Waals surface area contributed by atoms with Gasteiger partial charge >= 0.3 is 5.97 Å². The fourth-order valence-electron chi connectivity index (χ4n) is 5.91. The number of amides is 1. The number of aromatic carboxylic acids is 1. The molecule has 1 spiro atoms. The van der Waals surface area contributed by atoms with Crippen LogP contribution in [-0.4, -0.2) is 33.0 Å². The van der Waals surface area contributed by atoms with E-state index >= 15 is 0 Å². The van der Waals surface area contributed by atoms with Crippen LogP contribution in [0.5, 0.6) is 11.5 Å². The normalized spacial score (nSPS) is 31.4. The van der Waals surface area contributed by atoms with Crippen LogP contribution in [0.15, 0.2) is 36.4 Å². The van der Waals surface area contributed by atoms with Gasteiger partial charge in [-0.25, -0.2) is 4.79 Å². The maximum absolute atomic E-state index is 12.9. The first-order valence-electron chi connectivity index (χ1n) is 10.6. The summed E-state index contributed by atoms with van der Waals surface area (Å²) in [7, 11) is 0. The number of anilines is 1. The Hall–Kier alpha value is -3.09.